The Morgan fingerprint density at radius 3 is 2.55 bits per heavy atom. The summed E-state index contributed by atoms with van der Waals surface area (Å²) in [6, 6.07) is 6.35. The third-order valence-corrected chi connectivity index (χ3v) is 5.08. The number of hydrogen-bond acceptors (Lipinski definition) is 5. The van der Waals surface area contributed by atoms with E-state index in [0.29, 0.717) is 38.5 Å². The Kier molecular flexibility index (Phi) is 4.98. The molecule has 0 saturated carbocycles. The lowest BCUT2D eigenvalue weighted by atomic mass is 10.3. The molecule has 0 spiro atoms. The Hall–Kier alpha value is -1.15. The van der Waals surface area contributed by atoms with Gasteiger partial charge in [-0.15, -0.1) is 0 Å². The van der Waals surface area contributed by atoms with Crippen LogP contribution in [0.25, 0.3) is 0 Å². The number of nitrogens with two attached hydrogens (primary N) is 1. The molecule has 0 radical (unpaired) electrons. The van der Waals surface area contributed by atoms with E-state index in [1.54, 1.807) is 31.4 Å². The molecule has 0 aromatic heterocycles. The molecule has 1 aliphatic heterocycles. The van der Waals surface area contributed by atoms with Gasteiger partial charge in [0.1, 0.15) is 12.4 Å². The van der Waals surface area contributed by atoms with Gasteiger partial charge in [0.2, 0.25) is 10.0 Å². The molecule has 1 fully saturated rings. The number of rotatable bonds is 6. The fourth-order valence-electron chi connectivity index (χ4n) is 2.07. The van der Waals surface area contributed by atoms with Crippen molar-refractivity contribution in [2.45, 2.75) is 17.4 Å². The summed E-state index contributed by atoms with van der Waals surface area (Å²) in [5.41, 5.74) is 5.75. The summed E-state index contributed by atoms with van der Waals surface area (Å²) in [5, 5.41) is 0. The second-order valence-electron chi connectivity index (χ2n) is 4.72. The van der Waals surface area contributed by atoms with Crippen LogP contribution in [0.4, 0.5) is 0 Å². The van der Waals surface area contributed by atoms with Crippen molar-refractivity contribution in [3.8, 4) is 5.75 Å². The summed E-state index contributed by atoms with van der Waals surface area (Å²) in [6.07, 6.45) is 0.706. The predicted octanol–water partition coefficient (Wildman–Crippen LogP) is 0.434. The van der Waals surface area contributed by atoms with Gasteiger partial charge in [-0.1, -0.05) is 0 Å². The highest BCUT2D eigenvalue weighted by molar-refractivity contribution is 7.89. The van der Waals surface area contributed by atoms with Crippen LogP contribution in [0.2, 0.25) is 0 Å². The fraction of sp³-hybridized carbons (Fsp3) is 0.538. The molecule has 1 aromatic carbocycles. The van der Waals surface area contributed by atoms with Gasteiger partial charge in [0.15, 0.2) is 0 Å². The van der Waals surface area contributed by atoms with E-state index in [2.05, 4.69) is 0 Å². The van der Waals surface area contributed by atoms with Crippen LogP contribution in [0.3, 0.4) is 0 Å². The minimum absolute atomic E-state index is 0.0681. The van der Waals surface area contributed by atoms with Crippen molar-refractivity contribution in [3.63, 3.8) is 0 Å². The smallest absolute Gasteiger partial charge is 0.243 e. The zero-order valence-corrected chi connectivity index (χ0v) is 12.3. The van der Waals surface area contributed by atoms with Gasteiger partial charge in [0.05, 0.1) is 11.5 Å². The Bertz CT molecular complexity index is 530. The van der Waals surface area contributed by atoms with Crippen LogP contribution in [0.5, 0.6) is 5.75 Å². The van der Waals surface area contributed by atoms with Crippen LogP contribution in [-0.4, -0.2) is 52.2 Å². The highest BCUT2D eigenvalue weighted by Gasteiger charge is 2.30. The molecule has 6 nitrogen and oxygen atoms in total. The maximum Gasteiger partial charge on any atom is 0.243 e. The third kappa shape index (κ3) is 3.49. The van der Waals surface area contributed by atoms with Gasteiger partial charge in [-0.05, 0) is 30.7 Å². The molecule has 1 aromatic rings. The summed E-state index contributed by atoms with van der Waals surface area (Å²) < 4.78 is 36.4. The fourth-order valence-corrected chi connectivity index (χ4v) is 3.58. The number of benzene rings is 1. The normalized spacial score (nSPS) is 20.2. The van der Waals surface area contributed by atoms with Crippen LogP contribution in [0.15, 0.2) is 29.2 Å². The molecular weight excluding hydrogens is 280 g/mol. The molecule has 2 N–H and O–H groups in total. The molecule has 0 unspecified atom stereocenters. The lowest BCUT2D eigenvalue weighted by molar-refractivity contribution is 0.146. The van der Waals surface area contributed by atoms with E-state index in [1.165, 1.54) is 4.31 Å². The molecule has 0 aliphatic carbocycles. The minimum Gasteiger partial charge on any atom is -0.491 e. The van der Waals surface area contributed by atoms with Crippen molar-refractivity contribution >= 4 is 10.0 Å². The second kappa shape index (κ2) is 6.53. The summed E-state index contributed by atoms with van der Waals surface area (Å²) in [4.78, 5) is 0.269. The van der Waals surface area contributed by atoms with Crippen LogP contribution < -0.4 is 10.5 Å². The maximum absolute atomic E-state index is 12.4. The quantitative estimate of drug-likeness (QED) is 0.771. The standard InChI is InChI=1S/C13H20N2O4S/c1-18-8-9-19-12-2-4-13(5-3-12)20(16,17)15-7-6-11(14)10-15/h2-5,11H,6-10,14H2,1H3/t11-/m0/s1. The summed E-state index contributed by atoms with van der Waals surface area (Å²) >= 11 is 0. The first kappa shape index (κ1) is 15.2. The molecule has 1 heterocycles. The molecule has 1 saturated heterocycles. The minimum atomic E-state index is -3.44. The highest BCUT2D eigenvalue weighted by atomic mass is 32.2. The van der Waals surface area contributed by atoms with E-state index in [1.807, 2.05) is 0 Å². The Morgan fingerprint density at radius 1 is 1.30 bits per heavy atom. The number of hydrogen-bond donors (Lipinski definition) is 1. The number of ether oxygens (including phenoxy) is 2. The average Bonchev–Trinajstić information content (AvgIpc) is 2.87. The molecule has 2 rings (SSSR count). The topological polar surface area (TPSA) is 81.9 Å². The summed E-state index contributed by atoms with van der Waals surface area (Å²) in [6.45, 7) is 1.79. The van der Waals surface area contributed by atoms with E-state index >= 15 is 0 Å². The molecule has 20 heavy (non-hydrogen) atoms. The molecule has 112 valence electrons. The molecule has 0 amide bonds. The van der Waals surface area contributed by atoms with Gasteiger partial charge in [0, 0.05) is 26.2 Å². The highest BCUT2D eigenvalue weighted by Crippen LogP contribution is 2.22. The average molecular weight is 300 g/mol. The summed E-state index contributed by atoms with van der Waals surface area (Å²) in [7, 11) is -1.84. The van der Waals surface area contributed by atoms with E-state index in [-0.39, 0.29) is 10.9 Å². The molecule has 0 bridgehead atoms. The first-order chi connectivity index (χ1) is 9.54. The van der Waals surface area contributed by atoms with Crippen molar-refractivity contribution < 1.29 is 17.9 Å². The zero-order valence-electron chi connectivity index (χ0n) is 11.5. The van der Waals surface area contributed by atoms with Gasteiger partial charge >= 0.3 is 0 Å². The van der Waals surface area contributed by atoms with E-state index in [0.717, 1.165) is 0 Å². The van der Waals surface area contributed by atoms with Crippen molar-refractivity contribution in [2.24, 2.45) is 5.73 Å². The van der Waals surface area contributed by atoms with Crippen LogP contribution >= 0.6 is 0 Å². The van der Waals surface area contributed by atoms with Crippen LogP contribution in [-0.2, 0) is 14.8 Å². The van der Waals surface area contributed by atoms with Crippen molar-refractivity contribution in [3.05, 3.63) is 24.3 Å². The Balaban J connectivity index is 2.05. The predicted molar refractivity (Wildman–Crippen MR) is 75.2 cm³/mol. The SMILES string of the molecule is COCCOc1ccc(S(=O)(=O)N2CC[C@H](N)C2)cc1. The molecule has 7 heteroatoms. The van der Waals surface area contributed by atoms with Crippen molar-refractivity contribution in [1.82, 2.24) is 4.31 Å². The van der Waals surface area contributed by atoms with E-state index in [4.69, 9.17) is 15.2 Å². The van der Waals surface area contributed by atoms with E-state index in [9.17, 15) is 8.42 Å². The number of sulfonamides is 1. The molecule has 1 atom stereocenters. The first-order valence-corrected chi connectivity index (χ1v) is 7.95. The maximum atomic E-state index is 12.4. The monoisotopic (exact) mass is 300 g/mol. The van der Waals surface area contributed by atoms with Gasteiger partial charge in [-0.3, -0.25) is 0 Å². The third-order valence-electron chi connectivity index (χ3n) is 3.21. The largest absolute Gasteiger partial charge is 0.491 e. The number of nitrogens with zero attached hydrogens (tertiary/aromatic N) is 1. The Labute approximate surface area is 119 Å². The zero-order chi connectivity index (χ0) is 14.6. The molecule has 1 aliphatic rings. The first-order valence-electron chi connectivity index (χ1n) is 6.51. The van der Waals surface area contributed by atoms with Crippen LogP contribution in [0, 0.1) is 0 Å². The Morgan fingerprint density at radius 2 is 2.00 bits per heavy atom. The van der Waals surface area contributed by atoms with Gasteiger partial charge in [-0.25, -0.2) is 8.42 Å². The summed E-state index contributed by atoms with van der Waals surface area (Å²) in [5.74, 6) is 0.624. The second-order valence-corrected chi connectivity index (χ2v) is 6.66. The van der Waals surface area contributed by atoms with Gasteiger partial charge in [-0.2, -0.15) is 4.31 Å². The van der Waals surface area contributed by atoms with E-state index < -0.39 is 10.0 Å². The van der Waals surface area contributed by atoms with Crippen molar-refractivity contribution in [2.75, 3.05) is 33.4 Å². The van der Waals surface area contributed by atoms with Gasteiger partial charge in [0.25, 0.3) is 0 Å². The van der Waals surface area contributed by atoms with Crippen LogP contribution in [0.1, 0.15) is 6.42 Å². The lowest BCUT2D eigenvalue weighted by Gasteiger charge is -2.16. The molecular formula is C13H20N2O4S. The lowest BCUT2D eigenvalue weighted by Crippen LogP contribution is -2.31. The van der Waals surface area contributed by atoms with Gasteiger partial charge < -0.3 is 15.2 Å². The van der Waals surface area contributed by atoms with Crippen molar-refractivity contribution in [1.29, 1.82) is 0 Å². The number of methoxy groups -OCH3 is 1.